The van der Waals surface area contributed by atoms with Gasteiger partial charge in [0.15, 0.2) is 5.82 Å². The van der Waals surface area contributed by atoms with Crippen molar-refractivity contribution in [3.8, 4) is 22.6 Å². The Bertz CT molecular complexity index is 1060. The highest BCUT2D eigenvalue weighted by molar-refractivity contribution is 5.69. The topological polar surface area (TPSA) is 75.4 Å². The summed E-state index contributed by atoms with van der Waals surface area (Å²) < 4.78 is 0. The fourth-order valence-electron chi connectivity index (χ4n) is 3.99. The molecule has 0 radical (unpaired) electrons. The number of hydrogen-bond donors (Lipinski definition) is 0. The summed E-state index contributed by atoms with van der Waals surface area (Å²) in [6.07, 6.45) is 0. The second-order valence-electron chi connectivity index (χ2n) is 7.84. The van der Waals surface area contributed by atoms with Gasteiger partial charge in [-0.05, 0) is 13.5 Å². The summed E-state index contributed by atoms with van der Waals surface area (Å²) in [7, 11) is 0. The van der Waals surface area contributed by atoms with Gasteiger partial charge in [0.05, 0.1) is 10.6 Å². The lowest BCUT2D eigenvalue weighted by molar-refractivity contribution is -0.384. The molecule has 0 N–H and O–H groups in total. The number of nitrogens with zero attached hydrogens (tertiary/aromatic N) is 5. The number of likely N-dealkylation sites (N-methyl/N-ethyl adjacent to an activating group) is 1. The van der Waals surface area contributed by atoms with E-state index in [0.717, 1.165) is 67.3 Å². The minimum atomic E-state index is -0.362. The lowest BCUT2D eigenvalue weighted by Crippen LogP contribution is -2.45. The van der Waals surface area contributed by atoms with E-state index in [2.05, 4.69) is 16.7 Å². The molecule has 7 heteroatoms. The van der Waals surface area contributed by atoms with E-state index in [1.54, 1.807) is 12.1 Å². The molecule has 1 aliphatic heterocycles. The summed E-state index contributed by atoms with van der Waals surface area (Å²) in [5, 5.41) is 11.4. The Morgan fingerprint density at radius 1 is 0.935 bits per heavy atom. The van der Waals surface area contributed by atoms with Gasteiger partial charge in [-0.2, -0.15) is 0 Å². The van der Waals surface area contributed by atoms with Crippen LogP contribution in [0.4, 0.5) is 5.69 Å². The maximum absolute atomic E-state index is 11.4. The number of piperazine rings is 1. The van der Waals surface area contributed by atoms with E-state index in [1.807, 2.05) is 43.3 Å². The standard InChI is InChI=1S/C24H27N5O2/c1-3-27-12-14-28(15-13-27)17-22-18(2)25-24(19-8-5-4-6-9-19)26-23(22)20-10-7-11-21(16-20)29(30)31/h4-11,16H,3,12-15,17H2,1-2H3. The van der Waals surface area contributed by atoms with Gasteiger partial charge in [-0.25, -0.2) is 9.97 Å². The molecule has 0 unspecified atom stereocenters. The van der Waals surface area contributed by atoms with Gasteiger partial charge in [0.2, 0.25) is 0 Å². The number of aryl methyl sites for hydroxylation is 1. The Kier molecular flexibility index (Phi) is 6.34. The van der Waals surface area contributed by atoms with Crippen molar-refractivity contribution in [3.63, 3.8) is 0 Å². The zero-order chi connectivity index (χ0) is 21.8. The van der Waals surface area contributed by atoms with Gasteiger partial charge >= 0.3 is 0 Å². The van der Waals surface area contributed by atoms with Crippen LogP contribution < -0.4 is 0 Å². The highest BCUT2D eigenvalue weighted by Crippen LogP contribution is 2.30. The Morgan fingerprint density at radius 3 is 2.29 bits per heavy atom. The number of hydrogen-bond acceptors (Lipinski definition) is 6. The van der Waals surface area contributed by atoms with Gasteiger partial charge < -0.3 is 4.90 Å². The van der Waals surface area contributed by atoms with Crippen LogP contribution in [0.2, 0.25) is 0 Å². The van der Waals surface area contributed by atoms with Gasteiger partial charge in [0, 0.05) is 67.2 Å². The van der Waals surface area contributed by atoms with E-state index in [-0.39, 0.29) is 10.6 Å². The number of aromatic nitrogens is 2. The number of nitro groups is 1. The minimum Gasteiger partial charge on any atom is -0.301 e. The molecule has 1 aliphatic rings. The van der Waals surface area contributed by atoms with Crippen LogP contribution in [0.1, 0.15) is 18.2 Å². The van der Waals surface area contributed by atoms with Gasteiger partial charge in [0.1, 0.15) is 0 Å². The van der Waals surface area contributed by atoms with Crippen LogP contribution in [-0.4, -0.2) is 57.4 Å². The molecule has 0 atom stereocenters. The van der Waals surface area contributed by atoms with Crippen LogP contribution in [0.25, 0.3) is 22.6 Å². The molecule has 1 fully saturated rings. The molecule has 4 rings (SSSR count). The third-order valence-corrected chi connectivity index (χ3v) is 5.87. The van der Waals surface area contributed by atoms with Crippen molar-refractivity contribution in [2.75, 3.05) is 32.7 Å². The van der Waals surface area contributed by atoms with E-state index in [9.17, 15) is 10.1 Å². The van der Waals surface area contributed by atoms with Crippen LogP contribution >= 0.6 is 0 Å². The third-order valence-electron chi connectivity index (χ3n) is 5.87. The lowest BCUT2D eigenvalue weighted by atomic mass is 10.0. The first-order valence-corrected chi connectivity index (χ1v) is 10.7. The molecule has 2 aromatic carbocycles. The maximum atomic E-state index is 11.4. The molecule has 3 aromatic rings. The average molecular weight is 418 g/mol. The zero-order valence-electron chi connectivity index (χ0n) is 18.0. The number of benzene rings is 2. The van der Waals surface area contributed by atoms with Gasteiger partial charge in [-0.3, -0.25) is 15.0 Å². The summed E-state index contributed by atoms with van der Waals surface area (Å²) in [5.74, 6) is 0.638. The molecule has 0 saturated carbocycles. The van der Waals surface area contributed by atoms with Gasteiger partial charge in [0.25, 0.3) is 5.69 Å². The summed E-state index contributed by atoms with van der Waals surface area (Å²) in [5.41, 5.74) is 4.46. The van der Waals surface area contributed by atoms with E-state index < -0.39 is 0 Å². The largest absolute Gasteiger partial charge is 0.301 e. The molecule has 0 spiro atoms. The first-order chi connectivity index (χ1) is 15.0. The monoisotopic (exact) mass is 417 g/mol. The summed E-state index contributed by atoms with van der Waals surface area (Å²) in [4.78, 5) is 25.6. The van der Waals surface area contributed by atoms with Crippen LogP contribution in [0.15, 0.2) is 54.6 Å². The predicted molar refractivity (Wildman–Crippen MR) is 122 cm³/mol. The van der Waals surface area contributed by atoms with Crippen LogP contribution in [0.5, 0.6) is 0 Å². The first-order valence-electron chi connectivity index (χ1n) is 10.7. The molecular formula is C24H27N5O2. The first kappa shape index (κ1) is 21.1. The van der Waals surface area contributed by atoms with E-state index >= 15 is 0 Å². The average Bonchev–Trinajstić information content (AvgIpc) is 2.81. The number of nitro benzene ring substituents is 1. The molecule has 0 aliphatic carbocycles. The molecular weight excluding hydrogens is 390 g/mol. The highest BCUT2D eigenvalue weighted by atomic mass is 16.6. The van der Waals surface area contributed by atoms with Crippen molar-refractivity contribution in [1.82, 2.24) is 19.8 Å². The van der Waals surface area contributed by atoms with Crippen LogP contribution in [0, 0.1) is 17.0 Å². The minimum absolute atomic E-state index is 0.0672. The fourth-order valence-corrected chi connectivity index (χ4v) is 3.99. The number of rotatable bonds is 6. The predicted octanol–water partition coefficient (Wildman–Crippen LogP) is 4.16. The second kappa shape index (κ2) is 9.32. The Labute approximate surface area is 182 Å². The van der Waals surface area contributed by atoms with Crippen molar-refractivity contribution in [2.45, 2.75) is 20.4 Å². The normalized spacial score (nSPS) is 15.2. The molecule has 1 aromatic heterocycles. The SMILES string of the molecule is CCN1CCN(Cc2c(C)nc(-c3ccccc3)nc2-c2cccc([N+](=O)[O-])c2)CC1. The Morgan fingerprint density at radius 2 is 1.61 bits per heavy atom. The van der Waals surface area contributed by atoms with Crippen LogP contribution in [0.3, 0.4) is 0 Å². The van der Waals surface area contributed by atoms with Crippen molar-refractivity contribution in [1.29, 1.82) is 0 Å². The smallest absolute Gasteiger partial charge is 0.270 e. The Hall–Kier alpha value is -3.16. The van der Waals surface area contributed by atoms with Crippen LogP contribution in [-0.2, 0) is 6.54 Å². The van der Waals surface area contributed by atoms with Crippen molar-refractivity contribution < 1.29 is 4.92 Å². The summed E-state index contributed by atoms with van der Waals surface area (Å²) in [6.45, 7) is 10.1. The molecule has 0 amide bonds. The van der Waals surface area contributed by atoms with Gasteiger partial charge in [-0.1, -0.05) is 49.4 Å². The molecule has 160 valence electrons. The lowest BCUT2D eigenvalue weighted by Gasteiger charge is -2.34. The second-order valence-corrected chi connectivity index (χ2v) is 7.84. The summed E-state index contributed by atoms with van der Waals surface area (Å²) in [6, 6.07) is 16.6. The van der Waals surface area contributed by atoms with E-state index in [0.29, 0.717) is 5.82 Å². The van der Waals surface area contributed by atoms with Crippen molar-refractivity contribution in [2.24, 2.45) is 0 Å². The zero-order valence-corrected chi connectivity index (χ0v) is 18.0. The van der Waals surface area contributed by atoms with Crippen molar-refractivity contribution >= 4 is 5.69 Å². The summed E-state index contributed by atoms with van der Waals surface area (Å²) >= 11 is 0. The molecule has 31 heavy (non-hydrogen) atoms. The van der Waals surface area contributed by atoms with E-state index in [4.69, 9.17) is 9.97 Å². The van der Waals surface area contributed by atoms with Crippen molar-refractivity contribution in [3.05, 3.63) is 76.0 Å². The Balaban J connectivity index is 1.76. The van der Waals surface area contributed by atoms with Gasteiger partial charge in [-0.15, -0.1) is 0 Å². The molecule has 7 nitrogen and oxygen atoms in total. The third kappa shape index (κ3) is 4.78. The fraction of sp³-hybridized carbons (Fsp3) is 0.333. The highest BCUT2D eigenvalue weighted by Gasteiger charge is 2.21. The maximum Gasteiger partial charge on any atom is 0.270 e. The van der Waals surface area contributed by atoms with E-state index in [1.165, 1.54) is 6.07 Å². The molecule has 0 bridgehead atoms. The quantitative estimate of drug-likeness (QED) is 0.443. The molecule has 2 heterocycles. The number of non-ortho nitro benzene ring substituents is 1. The molecule has 1 saturated heterocycles.